The Kier molecular flexibility index (Phi) is 9.17. The summed E-state index contributed by atoms with van der Waals surface area (Å²) in [6, 6.07) is 12.2. The molecule has 0 bridgehead atoms. The Hall–Kier alpha value is -2.50. The third-order valence-electron chi connectivity index (χ3n) is 4.49. The highest BCUT2D eigenvalue weighted by Crippen LogP contribution is 2.16. The third-order valence-corrected chi connectivity index (χ3v) is 5.99. The minimum Gasteiger partial charge on any atom is -0.355 e. The maximum absolute atomic E-state index is 14.0. The normalized spacial score (nSPS) is 13.2. The molecular formula is C21H25F4N3O3S. The van der Waals surface area contributed by atoms with Gasteiger partial charge in [-0.25, -0.2) is 12.8 Å². The second-order valence-corrected chi connectivity index (χ2v) is 8.97. The predicted molar refractivity (Wildman–Crippen MR) is 112 cm³/mol. The zero-order valence-electron chi connectivity index (χ0n) is 17.4. The first-order chi connectivity index (χ1) is 15.0. The van der Waals surface area contributed by atoms with Crippen LogP contribution in [0.3, 0.4) is 0 Å². The highest BCUT2D eigenvalue weighted by atomic mass is 32.2. The second kappa shape index (κ2) is 11.4. The van der Waals surface area contributed by atoms with Crippen LogP contribution in [0.1, 0.15) is 12.0 Å². The molecule has 1 amide bonds. The number of carbonyl (C=O) groups excluding carboxylic acids is 1. The summed E-state index contributed by atoms with van der Waals surface area (Å²) in [5, 5.41) is 2.54. The van der Waals surface area contributed by atoms with Crippen LogP contribution in [0.25, 0.3) is 0 Å². The van der Waals surface area contributed by atoms with Gasteiger partial charge in [0.05, 0.1) is 6.54 Å². The molecule has 32 heavy (non-hydrogen) atoms. The van der Waals surface area contributed by atoms with Crippen molar-refractivity contribution >= 4 is 15.9 Å². The fourth-order valence-corrected chi connectivity index (χ4v) is 4.29. The largest absolute Gasteiger partial charge is 0.401 e. The van der Waals surface area contributed by atoms with E-state index in [-0.39, 0.29) is 25.9 Å². The third kappa shape index (κ3) is 8.56. The van der Waals surface area contributed by atoms with Crippen molar-refractivity contribution in [1.29, 1.82) is 0 Å². The summed E-state index contributed by atoms with van der Waals surface area (Å²) in [6.07, 6.45) is -4.07. The number of alkyl halides is 3. The number of nitrogens with zero attached hydrogens (tertiary/aromatic N) is 1. The first kappa shape index (κ1) is 25.8. The number of hydrogen-bond donors (Lipinski definition) is 2. The average molecular weight is 476 g/mol. The van der Waals surface area contributed by atoms with Gasteiger partial charge in [0, 0.05) is 6.54 Å². The molecule has 2 rings (SSSR count). The Morgan fingerprint density at radius 1 is 1.06 bits per heavy atom. The van der Waals surface area contributed by atoms with Gasteiger partial charge < -0.3 is 5.32 Å². The van der Waals surface area contributed by atoms with Crippen molar-refractivity contribution in [2.45, 2.75) is 30.0 Å². The van der Waals surface area contributed by atoms with Gasteiger partial charge in [-0.05, 0) is 44.1 Å². The van der Waals surface area contributed by atoms with Gasteiger partial charge in [0.1, 0.15) is 16.8 Å². The van der Waals surface area contributed by atoms with Crippen molar-refractivity contribution in [2.75, 3.05) is 26.7 Å². The standard InChI is InChI=1S/C21H25F4N3O3S/c1-28(15-21(23,24)25)13-7-12-26-20(29)18(14-16-8-3-2-4-9-16)27-32(30,31)19-11-6-5-10-17(19)22/h2-6,8-11,18,27H,7,12-15H2,1H3,(H,26,29). The van der Waals surface area contributed by atoms with Gasteiger partial charge in [-0.1, -0.05) is 42.5 Å². The molecule has 2 aromatic carbocycles. The Morgan fingerprint density at radius 2 is 1.69 bits per heavy atom. The molecule has 176 valence electrons. The van der Waals surface area contributed by atoms with Crippen LogP contribution in [-0.2, 0) is 21.2 Å². The molecule has 0 aliphatic heterocycles. The van der Waals surface area contributed by atoms with Crippen LogP contribution in [-0.4, -0.2) is 58.1 Å². The van der Waals surface area contributed by atoms with Crippen LogP contribution in [0.5, 0.6) is 0 Å². The summed E-state index contributed by atoms with van der Waals surface area (Å²) in [6.45, 7) is -0.933. The van der Waals surface area contributed by atoms with Crippen molar-refractivity contribution in [1.82, 2.24) is 14.9 Å². The van der Waals surface area contributed by atoms with Crippen molar-refractivity contribution in [3.63, 3.8) is 0 Å². The van der Waals surface area contributed by atoms with Crippen LogP contribution in [0.4, 0.5) is 17.6 Å². The highest BCUT2D eigenvalue weighted by molar-refractivity contribution is 7.89. The quantitative estimate of drug-likeness (QED) is 0.387. The predicted octanol–water partition coefficient (Wildman–Crippen LogP) is 2.72. The van der Waals surface area contributed by atoms with E-state index < -0.39 is 45.4 Å². The van der Waals surface area contributed by atoms with Crippen LogP contribution in [0, 0.1) is 5.82 Å². The zero-order valence-corrected chi connectivity index (χ0v) is 18.2. The van der Waals surface area contributed by atoms with Crippen molar-refractivity contribution < 1.29 is 30.8 Å². The monoisotopic (exact) mass is 475 g/mol. The molecule has 0 spiro atoms. The van der Waals surface area contributed by atoms with E-state index in [0.29, 0.717) is 5.56 Å². The SMILES string of the molecule is CN(CCCNC(=O)C(Cc1ccccc1)NS(=O)(=O)c1ccccc1F)CC(F)(F)F. The molecule has 11 heteroatoms. The van der Waals surface area contributed by atoms with Gasteiger partial charge in [0.15, 0.2) is 0 Å². The van der Waals surface area contributed by atoms with E-state index in [1.54, 1.807) is 30.3 Å². The maximum atomic E-state index is 14.0. The molecule has 0 saturated carbocycles. The van der Waals surface area contributed by atoms with E-state index in [4.69, 9.17) is 0 Å². The summed E-state index contributed by atoms with van der Waals surface area (Å²) < 4.78 is 78.7. The highest BCUT2D eigenvalue weighted by Gasteiger charge is 2.29. The molecule has 0 aliphatic carbocycles. The smallest absolute Gasteiger partial charge is 0.355 e. The fraction of sp³-hybridized carbons (Fsp3) is 0.381. The number of sulfonamides is 1. The summed E-state index contributed by atoms with van der Waals surface area (Å²) >= 11 is 0. The molecule has 0 heterocycles. The number of nitrogens with one attached hydrogen (secondary N) is 2. The minimum atomic E-state index is -4.34. The van der Waals surface area contributed by atoms with Crippen LogP contribution in [0.2, 0.25) is 0 Å². The Morgan fingerprint density at radius 3 is 2.31 bits per heavy atom. The average Bonchev–Trinajstić information content (AvgIpc) is 2.70. The van der Waals surface area contributed by atoms with Gasteiger partial charge in [0.2, 0.25) is 15.9 Å². The molecule has 6 nitrogen and oxygen atoms in total. The molecule has 2 aromatic rings. The molecule has 0 fully saturated rings. The fourth-order valence-electron chi connectivity index (χ4n) is 3.02. The van der Waals surface area contributed by atoms with Gasteiger partial charge in [0.25, 0.3) is 0 Å². The molecular weight excluding hydrogens is 450 g/mol. The minimum absolute atomic E-state index is 0.00827. The summed E-state index contributed by atoms with van der Waals surface area (Å²) in [5.41, 5.74) is 0.675. The summed E-state index contributed by atoms with van der Waals surface area (Å²) in [5.74, 6) is -1.61. The van der Waals surface area contributed by atoms with Crippen LogP contribution in [0.15, 0.2) is 59.5 Å². The summed E-state index contributed by atoms with van der Waals surface area (Å²) in [4.78, 5) is 13.2. The van der Waals surface area contributed by atoms with Gasteiger partial charge >= 0.3 is 6.18 Å². The molecule has 0 saturated heterocycles. The van der Waals surface area contributed by atoms with Gasteiger partial charge in [-0.15, -0.1) is 0 Å². The van der Waals surface area contributed by atoms with E-state index in [1.165, 1.54) is 19.2 Å². The topological polar surface area (TPSA) is 78.5 Å². The number of hydrogen-bond acceptors (Lipinski definition) is 4. The zero-order chi connectivity index (χ0) is 23.8. The van der Waals surface area contributed by atoms with E-state index in [9.17, 15) is 30.8 Å². The van der Waals surface area contributed by atoms with E-state index in [1.807, 2.05) is 0 Å². The Labute approximate surface area is 184 Å². The molecule has 0 radical (unpaired) electrons. The van der Waals surface area contributed by atoms with Crippen molar-refractivity contribution in [3.8, 4) is 0 Å². The number of benzene rings is 2. The lowest BCUT2D eigenvalue weighted by Gasteiger charge is -2.20. The lowest BCUT2D eigenvalue weighted by molar-refractivity contribution is -0.143. The van der Waals surface area contributed by atoms with Crippen molar-refractivity contribution in [3.05, 3.63) is 66.0 Å². The second-order valence-electron chi connectivity index (χ2n) is 7.29. The van der Waals surface area contributed by atoms with E-state index in [0.717, 1.165) is 17.0 Å². The summed E-state index contributed by atoms with van der Waals surface area (Å²) in [7, 11) is -3.02. The van der Waals surface area contributed by atoms with Crippen molar-refractivity contribution in [2.24, 2.45) is 0 Å². The lowest BCUT2D eigenvalue weighted by atomic mass is 10.1. The number of rotatable bonds is 11. The molecule has 0 aromatic heterocycles. The Balaban J connectivity index is 2.05. The first-order valence-electron chi connectivity index (χ1n) is 9.82. The van der Waals surface area contributed by atoms with E-state index in [2.05, 4.69) is 10.0 Å². The number of carbonyl (C=O) groups is 1. The maximum Gasteiger partial charge on any atom is 0.401 e. The lowest BCUT2D eigenvalue weighted by Crippen LogP contribution is -2.48. The number of amides is 1. The van der Waals surface area contributed by atoms with Gasteiger partial charge in [-0.2, -0.15) is 17.9 Å². The van der Waals surface area contributed by atoms with E-state index >= 15 is 0 Å². The van der Waals surface area contributed by atoms with Crippen LogP contribution >= 0.6 is 0 Å². The molecule has 2 N–H and O–H groups in total. The molecule has 1 atom stereocenters. The number of halogens is 4. The van der Waals surface area contributed by atoms with Crippen LogP contribution < -0.4 is 10.0 Å². The van der Waals surface area contributed by atoms with Gasteiger partial charge in [-0.3, -0.25) is 9.69 Å². The molecule has 0 aliphatic rings. The molecule has 1 unspecified atom stereocenters. The Bertz CT molecular complexity index is 985. The first-order valence-corrected chi connectivity index (χ1v) is 11.3.